The Morgan fingerprint density at radius 2 is 1.95 bits per heavy atom. The van der Waals surface area contributed by atoms with Gasteiger partial charge in [-0.1, -0.05) is 0 Å². The number of aromatic carboxylic acids is 1. The van der Waals surface area contributed by atoms with Crippen LogP contribution in [0.4, 0.5) is 23.2 Å². The molecule has 0 aliphatic carbocycles. The first-order chi connectivity index (χ1) is 9.20. The fourth-order valence-electron chi connectivity index (χ4n) is 1.24. The van der Waals surface area contributed by atoms with Gasteiger partial charge in [0.15, 0.2) is 0 Å². The zero-order valence-corrected chi connectivity index (χ0v) is 9.99. The molecule has 0 aliphatic heterocycles. The lowest BCUT2D eigenvalue weighted by Crippen LogP contribution is -2.41. The van der Waals surface area contributed by atoms with Crippen LogP contribution < -0.4 is 10.1 Å². The number of alkyl halides is 4. The number of anilines is 1. The minimum atomic E-state index is -4.93. The Morgan fingerprint density at radius 3 is 2.40 bits per heavy atom. The van der Waals surface area contributed by atoms with Crippen molar-refractivity contribution in [2.24, 2.45) is 0 Å². The second-order valence-corrected chi connectivity index (χ2v) is 3.59. The first-order valence-corrected chi connectivity index (χ1v) is 5.09. The van der Waals surface area contributed by atoms with E-state index in [2.05, 4.69) is 0 Å². The molecule has 0 saturated carbocycles. The van der Waals surface area contributed by atoms with Crippen LogP contribution >= 0.6 is 0 Å². The molecule has 1 aromatic carbocycles. The fraction of sp³-hybridized carbons (Fsp3) is 0.273. The van der Waals surface area contributed by atoms with Crippen LogP contribution in [0.5, 0.6) is 5.75 Å². The van der Waals surface area contributed by atoms with Crippen molar-refractivity contribution in [3.05, 3.63) is 23.8 Å². The molecule has 0 aromatic heterocycles. The first kappa shape index (κ1) is 15.7. The molecular weight excluding hydrogens is 286 g/mol. The highest BCUT2D eigenvalue weighted by molar-refractivity contribution is 6.03. The number of rotatable bonds is 5. The van der Waals surface area contributed by atoms with Gasteiger partial charge in [-0.2, -0.15) is 8.78 Å². The minimum absolute atomic E-state index is 0.0608. The maximum Gasteiger partial charge on any atom is 0.383 e. The van der Waals surface area contributed by atoms with E-state index >= 15 is 0 Å². The van der Waals surface area contributed by atoms with Crippen molar-refractivity contribution in [2.45, 2.75) is 12.3 Å². The number of carbonyl (C=O) groups is 2. The fourth-order valence-corrected chi connectivity index (χ4v) is 1.24. The van der Waals surface area contributed by atoms with E-state index in [1.54, 1.807) is 0 Å². The van der Waals surface area contributed by atoms with E-state index in [9.17, 15) is 27.2 Å². The Balaban J connectivity index is 3.13. The number of carboxylic acid groups (broad SMARTS) is 1. The van der Waals surface area contributed by atoms with E-state index < -0.39 is 35.5 Å². The van der Waals surface area contributed by atoms with Crippen molar-refractivity contribution >= 4 is 17.6 Å². The number of amides is 1. The molecule has 0 spiro atoms. The third-order valence-electron chi connectivity index (χ3n) is 2.28. The minimum Gasteiger partial charge on any atom is -0.497 e. The van der Waals surface area contributed by atoms with E-state index in [1.807, 2.05) is 0 Å². The summed E-state index contributed by atoms with van der Waals surface area (Å²) in [5.41, 5.74) is -1.11. The van der Waals surface area contributed by atoms with Crippen LogP contribution in [0, 0.1) is 0 Å². The molecule has 0 aliphatic rings. The number of benzene rings is 1. The van der Waals surface area contributed by atoms with Gasteiger partial charge in [0, 0.05) is 6.07 Å². The summed E-state index contributed by atoms with van der Waals surface area (Å²) >= 11 is 0. The van der Waals surface area contributed by atoms with Crippen LogP contribution in [0.2, 0.25) is 0 Å². The highest BCUT2D eigenvalue weighted by Crippen LogP contribution is 2.27. The van der Waals surface area contributed by atoms with E-state index in [0.29, 0.717) is 0 Å². The molecule has 2 N–H and O–H groups in total. The number of carboxylic acids is 1. The number of hydrogen-bond donors (Lipinski definition) is 2. The Bertz CT molecular complexity index is 533. The molecule has 0 fully saturated rings. The first-order valence-electron chi connectivity index (χ1n) is 5.09. The molecule has 0 saturated heterocycles. The van der Waals surface area contributed by atoms with Gasteiger partial charge < -0.3 is 15.2 Å². The molecule has 1 amide bonds. The average molecular weight is 295 g/mol. The Labute approximate surface area is 110 Å². The number of halogens is 4. The summed E-state index contributed by atoms with van der Waals surface area (Å²) in [6.07, 6.45) is -4.21. The van der Waals surface area contributed by atoms with E-state index in [4.69, 9.17) is 9.84 Å². The van der Waals surface area contributed by atoms with Gasteiger partial charge in [0.2, 0.25) is 0 Å². The maximum absolute atomic E-state index is 12.8. The number of methoxy groups -OCH3 is 1. The number of ether oxygens (including phenoxy) is 1. The predicted molar refractivity (Wildman–Crippen MR) is 59.5 cm³/mol. The second kappa shape index (κ2) is 5.76. The van der Waals surface area contributed by atoms with Gasteiger partial charge in [-0.15, -0.1) is 0 Å². The standard InChI is InChI=1S/C11H9F4NO4/c1-20-5-2-3-6(8(17)18)7(4-5)16-10(19)11(14,15)9(12)13/h2-4,9H,1H3,(H,16,19)(H,17,18). The van der Waals surface area contributed by atoms with Crippen molar-refractivity contribution in [3.8, 4) is 5.75 Å². The third-order valence-corrected chi connectivity index (χ3v) is 2.28. The van der Waals surface area contributed by atoms with Crippen molar-refractivity contribution in [1.82, 2.24) is 0 Å². The van der Waals surface area contributed by atoms with Crippen molar-refractivity contribution in [1.29, 1.82) is 0 Å². The van der Waals surface area contributed by atoms with Crippen LogP contribution in [0.15, 0.2) is 18.2 Å². The van der Waals surface area contributed by atoms with Crippen LogP contribution in [-0.4, -0.2) is 36.4 Å². The molecule has 5 nitrogen and oxygen atoms in total. The molecule has 9 heteroatoms. The largest absolute Gasteiger partial charge is 0.497 e. The molecule has 20 heavy (non-hydrogen) atoms. The molecule has 0 atom stereocenters. The van der Waals surface area contributed by atoms with Gasteiger partial charge in [-0.25, -0.2) is 13.6 Å². The van der Waals surface area contributed by atoms with Gasteiger partial charge in [0.25, 0.3) is 0 Å². The smallest absolute Gasteiger partial charge is 0.383 e. The van der Waals surface area contributed by atoms with Gasteiger partial charge in [0.1, 0.15) is 5.75 Å². The van der Waals surface area contributed by atoms with Gasteiger partial charge >= 0.3 is 24.2 Å². The summed E-state index contributed by atoms with van der Waals surface area (Å²) in [5.74, 6) is -8.70. The van der Waals surface area contributed by atoms with Crippen LogP contribution in [0.3, 0.4) is 0 Å². The normalized spacial score (nSPS) is 11.3. The predicted octanol–water partition coefficient (Wildman–Crippen LogP) is 2.23. The lowest BCUT2D eigenvalue weighted by molar-refractivity contribution is -0.163. The number of hydrogen-bond acceptors (Lipinski definition) is 3. The summed E-state index contributed by atoms with van der Waals surface area (Å²) < 4.78 is 54.4. The molecule has 0 radical (unpaired) electrons. The molecular formula is C11H9F4NO4. The molecule has 0 heterocycles. The quantitative estimate of drug-likeness (QED) is 0.817. The van der Waals surface area contributed by atoms with Crippen LogP contribution in [0.25, 0.3) is 0 Å². The highest BCUT2D eigenvalue weighted by atomic mass is 19.3. The Hall–Kier alpha value is -2.32. The lowest BCUT2D eigenvalue weighted by Gasteiger charge is -2.16. The Morgan fingerprint density at radius 1 is 1.35 bits per heavy atom. The van der Waals surface area contributed by atoms with Gasteiger partial charge in [-0.05, 0) is 12.1 Å². The summed E-state index contributed by atoms with van der Waals surface area (Å²) in [7, 11) is 1.22. The van der Waals surface area contributed by atoms with E-state index in [1.165, 1.54) is 18.5 Å². The lowest BCUT2D eigenvalue weighted by atomic mass is 10.1. The highest BCUT2D eigenvalue weighted by Gasteiger charge is 2.49. The maximum atomic E-state index is 12.8. The zero-order chi connectivity index (χ0) is 15.5. The summed E-state index contributed by atoms with van der Waals surface area (Å²) in [4.78, 5) is 21.9. The van der Waals surface area contributed by atoms with E-state index in [-0.39, 0.29) is 5.75 Å². The molecule has 0 bridgehead atoms. The van der Waals surface area contributed by atoms with Crippen molar-refractivity contribution < 1.29 is 37.0 Å². The van der Waals surface area contributed by atoms with E-state index in [0.717, 1.165) is 12.1 Å². The average Bonchev–Trinajstić information content (AvgIpc) is 2.37. The van der Waals surface area contributed by atoms with Gasteiger partial charge in [0.05, 0.1) is 18.4 Å². The zero-order valence-electron chi connectivity index (χ0n) is 9.99. The molecule has 1 rings (SSSR count). The van der Waals surface area contributed by atoms with Crippen molar-refractivity contribution in [2.75, 3.05) is 12.4 Å². The monoisotopic (exact) mass is 295 g/mol. The summed E-state index contributed by atoms with van der Waals surface area (Å²) in [6, 6.07) is 3.13. The van der Waals surface area contributed by atoms with Crippen LogP contribution in [-0.2, 0) is 4.79 Å². The van der Waals surface area contributed by atoms with Crippen LogP contribution in [0.1, 0.15) is 10.4 Å². The summed E-state index contributed by atoms with van der Waals surface area (Å²) in [6.45, 7) is 0. The SMILES string of the molecule is COc1ccc(C(=O)O)c(NC(=O)C(F)(F)C(F)F)c1. The van der Waals surface area contributed by atoms with Gasteiger partial charge in [-0.3, -0.25) is 4.79 Å². The Kier molecular flexibility index (Phi) is 4.53. The second-order valence-electron chi connectivity index (χ2n) is 3.59. The van der Waals surface area contributed by atoms with Crippen molar-refractivity contribution in [3.63, 3.8) is 0 Å². The third kappa shape index (κ3) is 3.16. The number of carbonyl (C=O) groups excluding carboxylic acids is 1. The summed E-state index contributed by atoms with van der Waals surface area (Å²) in [5, 5.41) is 10.3. The molecule has 1 aromatic rings. The molecule has 0 unspecified atom stereocenters. The molecule has 110 valence electrons. The topological polar surface area (TPSA) is 75.6 Å². The number of nitrogens with one attached hydrogen (secondary N) is 1.